The smallest absolute Gasteiger partial charge is 0.240 e. The summed E-state index contributed by atoms with van der Waals surface area (Å²) in [6.07, 6.45) is 9.00. The molecule has 2 aromatic heterocycles. The first kappa shape index (κ1) is 21.5. The quantitative estimate of drug-likeness (QED) is 0.535. The zero-order chi connectivity index (χ0) is 21.7. The summed E-state index contributed by atoms with van der Waals surface area (Å²) in [5, 5.41) is 4.76. The molecule has 0 unspecified atom stereocenters. The van der Waals surface area contributed by atoms with Gasteiger partial charge in [-0.05, 0) is 61.7 Å². The SMILES string of the molecule is CCCOc1ccc(S(=O)(=O)NCc2cc(-c3ccncc3)n(C3CCCC3)n2)cc1. The summed E-state index contributed by atoms with van der Waals surface area (Å²) in [6.45, 7) is 2.76. The van der Waals surface area contributed by atoms with Gasteiger partial charge in [-0.15, -0.1) is 0 Å². The fourth-order valence-corrected chi connectivity index (χ4v) is 4.88. The molecule has 0 bridgehead atoms. The summed E-state index contributed by atoms with van der Waals surface area (Å²) < 4.78 is 35.8. The molecule has 4 rings (SSSR count). The Labute approximate surface area is 183 Å². The fraction of sp³-hybridized carbons (Fsp3) is 0.391. The van der Waals surface area contributed by atoms with Crippen molar-refractivity contribution in [2.45, 2.75) is 56.5 Å². The first-order valence-electron chi connectivity index (χ1n) is 10.8. The third kappa shape index (κ3) is 5.14. The second-order valence-electron chi connectivity index (χ2n) is 7.78. The van der Waals surface area contributed by atoms with Gasteiger partial charge < -0.3 is 4.74 Å². The molecule has 1 aliphatic carbocycles. The largest absolute Gasteiger partial charge is 0.494 e. The van der Waals surface area contributed by atoms with Gasteiger partial charge in [-0.2, -0.15) is 5.10 Å². The van der Waals surface area contributed by atoms with E-state index in [0.717, 1.165) is 30.5 Å². The summed E-state index contributed by atoms with van der Waals surface area (Å²) in [5.74, 6) is 0.665. The molecule has 0 aliphatic heterocycles. The number of ether oxygens (including phenoxy) is 1. The van der Waals surface area contributed by atoms with E-state index in [-0.39, 0.29) is 11.4 Å². The lowest BCUT2D eigenvalue weighted by Crippen LogP contribution is -2.23. The zero-order valence-electron chi connectivity index (χ0n) is 17.7. The maximum absolute atomic E-state index is 12.8. The van der Waals surface area contributed by atoms with Gasteiger partial charge in [-0.3, -0.25) is 9.67 Å². The van der Waals surface area contributed by atoms with Crippen LogP contribution in [-0.2, 0) is 16.6 Å². The number of nitrogens with one attached hydrogen (secondary N) is 1. The number of nitrogens with zero attached hydrogens (tertiary/aromatic N) is 3. The van der Waals surface area contributed by atoms with E-state index in [9.17, 15) is 8.42 Å². The summed E-state index contributed by atoms with van der Waals surface area (Å²) in [6, 6.07) is 12.7. The second-order valence-corrected chi connectivity index (χ2v) is 9.55. The molecule has 0 radical (unpaired) electrons. The molecule has 1 fully saturated rings. The summed E-state index contributed by atoms with van der Waals surface area (Å²) in [5.41, 5.74) is 2.73. The van der Waals surface area contributed by atoms with Crippen LogP contribution in [0, 0.1) is 0 Å². The molecular formula is C23H28N4O3S. The number of sulfonamides is 1. The van der Waals surface area contributed by atoms with Gasteiger partial charge in [0.25, 0.3) is 0 Å². The Morgan fingerprint density at radius 3 is 2.48 bits per heavy atom. The molecule has 3 aromatic rings. The highest BCUT2D eigenvalue weighted by molar-refractivity contribution is 7.89. The van der Waals surface area contributed by atoms with Crippen molar-refractivity contribution in [2.24, 2.45) is 0 Å². The Morgan fingerprint density at radius 1 is 1.10 bits per heavy atom. The number of hydrogen-bond donors (Lipinski definition) is 1. The van der Waals surface area contributed by atoms with E-state index >= 15 is 0 Å². The van der Waals surface area contributed by atoms with E-state index < -0.39 is 10.0 Å². The van der Waals surface area contributed by atoms with E-state index in [1.807, 2.05) is 25.1 Å². The lowest BCUT2D eigenvalue weighted by atomic mass is 10.1. The van der Waals surface area contributed by atoms with Crippen LogP contribution in [-0.4, -0.2) is 29.8 Å². The molecule has 1 N–H and O–H groups in total. The number of aromatic nitrogens is 3. The minimum absolute atomic E-state index is 0.133. The highest BCUT2D eigenvalue weighted by Gasteiger charge is 2.23. The normalized spacial score (nSPS) is 14.7. The van der Waals surface area contributed by atoms with E-state index in [1.165, 1.54) is 12.8 Å². The molecule has 0 amide bonds. The minimum atomic E-state index is -3.65. The molecule has 31 heavy (non-hydrogen) atoms. The molecular weight excluding hydrogens is 412 g/mol. The van der Waals surface area contributed by atoms with Crippen molar-refractivity contribution in [3.8, 4) is 17.0 Å². The number of pyridine rings is 1. The number of hydrogen-bond acceptors (Lipinski definition) is 5. The van der Waals surface area contributed by atoms with Gasteiger partial charge >= 0.3 is 0 Å². The molecule has 1 aromatic carbocycles. The van der Waals surface area contributed by atoms with Crippen molar-refractivity contribution in [1.82, 2.24) is 19.5 Å². The average Bonchev–Trinajstić information content (AvgIpc) is 3.47. The van der Waals surface area contributed by atoms with Crippen LogP contribution in [0.25, 0.3) is 11.3 Å². The van der Waals surface area contributed by atoms with Crippen LogP contribution in [0.4, 0.5) is 0 Å². The van der Waals surface area contributed by atoms with E-state index in [0.29, 0.717) is 24.1 Å². The van der Waals surface area contributed by atoms with Crippen molar-refractivity contribution in [1.29, 1.82) is 0 Å². The number of rotatable bonds is 9. The van der Waals surface area contributed by atoms with Crippen LogP contribution in [0.2, 0.25) is 0 Å². The van der Waals surface area contributed by atoms with Crippen molar-refractivity contribution in [2.75, 3.05) is 6.61 Å². The third-order valence-electron chi connectivity index (χ3n) is 5.48. The average molecular weight is 441 g/mol. The molecule has 0 spiro atoms. The number of benzene rings is 1. The molecule has 1 aliphatic rings. The molecule has 8 heteroatoms. The predicted octanol–water partition coefficient (Wildman–Crippen LogP) is 4.33. The minimum Gasteiger partial charge on any atom is -0.494 e. The van der Waals surface area contributed by atoms with Gasteiger partial charge in [0.05, 0.1) is 35.5 Å². The predicted molar refractivity (Wildman–Crippen MR) is 119 cm³/mol. The first-order chi connectivity index (χ1) is 15.1. The lowest BCUT2D eigenvalue weighted by molar-refractivity contribution is 0.317. The molecule has 1 saturated carbocycles. The molecule has 7 nitrogen and oxygen atoms in total. The van der Waals surface area contributed by atoms with E-state index in [4.69, 9.17) is 9.84 Å². The summed E-state index contributed by atoms with van der Waals surface area (Å²) >= 11 is 0. The maximum atomic E-state index is 12.8. The zero-order valence-corrected chi connectivity index (χ0v) is 18.5. The van der Waals surface area contributed by atoms with Crippen molar-refractivity contribution >= 4 is 10.0 Å². The van der Waals surface area contributed by atoms with Gasteiger partial charge in [0.15, 0.2) is 0 Å². The molecule has 2 heterocycles. The van der Waals surface area contributed by atoms with Crippen LogP contribution >= 0.6 is 0 Å². The maximum Gasteiger partial charge on any atom is 0.240 e. The Bertz CT molecular complexity index is 1090. The summed E-state index contributed by atoms with van der Waals surface area (Å²) in [4.78, 5) is 4.31. The molecule has 0 atom stereocenters. The van der Waals surface area contributed by atoms with Crippen LogP contribution in [0.3, 0.4) is 0 Å². The van der Waals surface area contributed by atoms with Crippen LogP contribution in [0.1, 0.15) is 50.8 Å². The van der Waals surface area contributed by atoms with Crippen molar-refractivity contribution < 1.29 is 13.2 Å². The Hall–Kier alpha value is -2.71. The first-order valence-corrected chi connectivity index (χ1v) is 12.3. The van der Waals surface area contributed by atoms with Crippen molar-refractivity contribution in [3.05, 3.63) is 60.6 Å². The van der Waals surface area contributed by atoms with Crippen LogP contribution < -0.4 is 9.46 Å². The van der Waals surface area contributed by atoms with Gasteiger partial charge in [0, 0.05) is 18.0 Å². The van der Waals surface area contributed by atoms with Gasteiger partial charge in [0.1, 0.15) is 5.75 Å². The molecule has 164 valence electrons. The second kappa shape index (κ2) is 9.62. The Balaban J connectivity index is 1.51. The van der Waals surface area contributed by atoms with Crippen molar-refractivity contribution in [3.63, 3.8) is 0 Å². The lowest BCUT2D eigenvalue weighted by Gasteiger charge is -2.14. The van der Waals surface area contributed by atoms with E-state index in [2.05, 4.69) is 14.4 Å². The highest BCUT2D eigenvalue weighted by Crippen LogP contribution is 2.33. The standard InChI is InChI=1S/C23H28N4O3S/c1-2-15-30-21-7-9-22(10-8-21)31(28,29)25-17-19-16-23(18-11-13-24-14-12-18)27(26-19)20-5-3-4-6-20/h7-14,16,20,25H,2-6,15,17H2,1H3. The van der Waals surface area contributed by atoms with Crippen LogP contribution in [0.15, 0.2) is 59.8 Å². The topological polar surface area (TPSA) is 86.1 Å². The fourth-order valence-electron chi connectivity index (χ4n) is 3.88. The molecule has 0 saturated heterocycles. The summed E-state index contributed by atoms with van der Waals surface area (Å²) in [7, 11) is -3.65. The Kier molecular flexibility index (Phi) is 6.67. The highest BCUT2D eigenvalue weighted by atomic mass is 32.2. The third-order valence-corrected chi connectivity index (χ3v) is 6.90. The monoisotopic (exact) mass is 440 g/mol. The Morgan fingerprint density at radius 2 is 1.81 bits per heavy atom. The van der Waals surface area contributed by atoms with Crippen LogP contribution in [0.5, 0.6) is 5.75 Å². The van der Waals surface area contributed by atoms with Gasteiger partial charge in [0.2, 0.25) is 10.0 Å². The van der Waals surface area contributed by atoms with Gasteiger partial charge in [-0.1, -0.05) is 19.8 Å². The van der Waals surface area contributed by atoms with Gasteiger partial charge in [-0.25, -0.2) is 13.1 Å². The van der Waals surface area contributed by atoms with E-state index in [1.54, 1.807) is 36.7 Å².